The molecule has 2 heterocycles. The maximum Gasteiger partial charge on any atom is 0.303 e. The Bertz CT molecular complexity index is 632. The molecule has 0 saturated heterocycles. The van der Waals surface area contributed by atoms with Gasteiger partial charge in [0.2, 0.25) is 0 Å². The minimum Gasteiger partial charge on any atom is -0.458 e. The van der Waals surface area contributed by atoms with Gasteiger partial charge in [-0.3, -0.25) is 4.79 Å². The molecule has 2 aromatic rings. The number of tetrazole rings is 1. The molecule has 0 aliphatic rings. The second-order valence-electron chi connectivity index (χ2n) is 5.53. The summed E-state index contributed by atoms with van der Waals surface area (Å²) in [5, 5.41) is 14.7. The molecule has 0 amide bonds. The van der Waals surface area contributed by atoms with Crippen LogP contribution in [0.15, 0.2) is 18.3 Å². The van der Waals surface area contributed by atoms with Crippen LogP contribution in [0.25, 0.3) is 5.69 Å². The van der Waals surface area contributed by atoms with Crippen molar-refractivity contribution in [3.05, 3.63) is 24.2 Å². The van der Waals surface area contributed by atoms with Crippen LogP contribution in [0.3, 0.4) is 0 Å². The van der Waals surface area contributed by atoms with Crippen LogP contribution >= 0.6 is 0 Å². The maximum atomic E-state index is 10.9. The summed E-state index contributed by atoms with van der Waals surface area (Å²) < 4.78 is 6.45. The fourth-order valence-electron chi connectivity index (χ4n) is 1.67. The summed E-state index contributed by atoms with van der Waals surface area (Å²) in [6.45, 7) is 7.44. The molecule has 0 aliphatic heterocycles. The summed E-state index contributed by atoms with van der Waals surface area (Å²) in [6, 6.07) is 3.63. The third kappa shape index (κ3) is 3.98. The Hall–Kier alpha value is -2.51. The highest BCUT2D eigenvalue weighted by atomic mass is 16.5. The van der Waals surface area contributed by atoms with Gasteiger partial charge in [0.05, 0.1) is 0 Å². The van der Waals surface area contributed by atoms with Crippen LogP contribution in [-0.4, -0.2) is 36.7 Å². The lowest BCUT2D eigenvalue weighted by Gasteiger charge is -2.22. The van der Waals surface area contributed by atoms with Crippen molar-refractivity contribution in [1.29, 1.82) is 0 Å². The van der Waals surface area contributed by atoms with E-state index < -0.39 is 0 Å². The maximum absolute atomic E-state index is 10.9. The molecule has 21 heavy (non-hydrogen) atoms. The van der Waals surface area contributed by atoms with Crippen molar-refractivity contribution < 1.29 is 9.53 Å². The van der Waals surface area contributed by atoms with Crippen LogP contribution in [0.5, 0.6) is 0 Å². The summed E-state index contributed by atoms with van der Waals surface area (Å²) >= 11 is 0. The molecule has 0 fully saturated rings. The van der Waals surface area contributed by atoms with Gasteiger partial charge in [0.1, 0.15) is 5.69 Å². The monoisotopic (exact) mass is 290 g/mol. The molecular formula is C13H18N6O2. The van der Waals surface area contributed by atoms with E-state index in [1.54, 1.807) is 12.3 Å². The van der Waals surface area contributed by atoms with Gasteiger partial charge in [0.25, 0.3) is 0 Å². The normalized spacial score (nSPS) is 11.2. The van der Waals surface area contributed by atoms with Crippen LogP contribution in [0.1, 0.15) is 33.5 Å². The molecule has 0 unspecified atom stereocenters. The molecule has 0 spiro atoms. The Balaban J connectivity index is 2.34. The number of nitrogens with zero attached hydrogens (tertiary/aromatic N) is 5. The Labute approximate surface area is 122 Å². The predicted molar refractivity (Wildman–Crippen MR) is 75.8 cm³/mol. The number of carbonyl (C=O) groups excluding carboxylic acids is 1. The summed E-state index contributed by atoms with van der Waals surface area (Å²) in [6.07, 6.45) is 1.69. The number of nitrogens with one attached hydrogen (secondary N) is 1. The van der Waals surface area contributed by atoms with E-state index in [2.05, 4.69) is 25.8 Å². The molecule has 8 nitrogen and oxygen atoms in total. The van der Waals surface area contributed by atoms with Gasteiger partial charge in [0, 0.05) is 18.7 Å². The van der Waals surface area contributed by atoms with E-state index in [4.69, 9.17) is 4.74 Å². The quantitative estimate of drug-likeness (QED) is 0.849. The highest BCUT2D eigenvalue weighted by Gasteiger charge is 2.17. The average molecular weight is 290 g/mol. The molecular weight excluding hydrogens is 272 g/mol. The van der Waals surface area contributed by atoms with E-state index >= 15 is 0 Å². The Kier molecular flexibility index (Phi) is 4.15. The molecule has 2 rings (SSSR count). The molecule has 0 bridgehead atoms. The molecule has 0 aliphatic carbocycles. The highest BCUT2D eigenvalue weighted by Crippen LogP contribution is 2.21. The van der Waals surface area contributed by atoms with E-state index in [-0.39, 0.29) is 18.1 Å². The van der Waals surface area contributed by atoms with Crippen LogP contribution in [0.4, 0.5) is 5.82 Å². The van der Waals surface area contributed by atoms with Crippen molar-refractivity contribution >= 4 is 11.8 Å². The molecule has 0 radical (unpaired) electrons. The lowest BCUT2D eigenvalue weighted by Crippen LogP contribution is -2.27. The number of anilines is 1. The topological polar surface area (TPSA) is 94.8 Å². The average Bonchev–Trinajstić information content (AvgIpc) is 2.83. The molecule has 112 valence electrons. The van der Waals surface area contributed by atoms with Crippen molar-refractivity contribution in [1.82, 2.24) is 25.2 Å². The van der Waals surface area contributed by atoms with E-state index in [9.17, 15) is 4.79 Å². The van der Waals surface area contributed by atoms with Gasteiger partial charge in [0.15, 0.2) is 18.2 Å². The van der Waals surface area contributed by atoms with Crippen LogP contribution in [-0.2, 0) is 16.1 Å². The third-order valence-corrected chi connectivity index (χ3v) is 2.45. The van der Waals surface area contributed by atoms with Gasteiger partial charge in [-0.05, 0) is 43.3 Å². The Morgan fingerprint density at radius 1 is 1.43 bits per heavy atom. The minimum atomic E-state index is -0.385. The number of carbonyl (C=O) groups is 1. The number of esters is 1. The zero-order valence-electron chi connectivity index (χ0n) is 12.5. The van der Waals surface area contributed by atoms with Gasteiger partial charge >= 0.3 is 5.97 Å². The number of ether oxygens (including phenoxy) is 1. The second-order valence-corrected chi connectivity index (χ2v) is 5.53. The smallest absolute Gasteiger partial charge is 0.303 e. The van der Waals surface area contributed by atoms with Crippen molar-refractivity contribution in [2.45, 2.75) is 39.8 Å². The molecule has 0 saturated carbocycles. The predicted octanol–water partition coefficient (Wildman–Crippen LogP) is 1.33. The standard InChI is InChI=1S/C13H18N6O2/c1-9(20)21-8-11-16-17-18-19(11)10-6-5-7-14-12(10)15-13(2,3)4/h5-7H,8H2,1-4H3,(H,14,15). The first-order valence-corrected chi connectivity index (χ1v) is 6.51. The van der Waals surface area contributed by atoms with E-state index in [1.165, 1.54) is 11.6 Å². The Morgan fingerprint density at radius 2 is 2.19 bits per heavy atom. The first kappa shape index (κ1) is 14.9. The highest BCUT2D eigenvalue weighted by molar-refractivity contribution is 5.65. The fraction of sp³-hybridized carbons (Fsp3) is 0.462. The SMILES string of the molecule is CC(=O)OCc1nnnn1-c1cccnc1NC(C)(C)C. The first-order chi connectivity index (χ1) is 9.87. The zero-order valence-corrected chi connectivity index (χ0v) is 12.5. The lowest BCUT2D eigenvalue weighted by molar-refractivity contribution is -0.142. The van der Waals surface area contributed by atoms with E-state index in [0.29, 0.717) is 17.3 Å². The van der Waals surface area contributed by atoms with Crippen molar-refractivity contribution in [2.75, 3.05) is 5.32 Å². The molecule has 1 N–H and O–H groups in total. The largest absolute Gasteiger partial charge is 0.458 e. The number of hydrogen-bond donors (Lipinski definition) is 1. The van der Waals surface area contributed by atoms with Crippen molar-refractivity contribution in [3.8, 4) is 5.69 Å². The fourth-order valence-corrected chi connectivity index (χ4v) is 1.67. The van der Waals surface area contributed by atoms with Gasteiger partial charge in [-0.2, -0.15) is 4.68 Å². The van der Waals surface area contributed by atoms with E-state index in [1.807, 2.05) is 26.8 Å². The van der Waals surface area contributed by atoms with Crippen molar-refractivity contribution in [2.24, 2.45) is 0 Å². The number of aromatic nitrogens is 5. The zero-order chi connectivity index (χ0) is 15.5. The molecule has 8 heteroatoms. The van der Waals surface area contributed by atoms with Crippen molar-refractivity contribution in [3.63, 3.8) is 0 Å². The molecule has 2 aromatic heterocycles. The van der Waals surface area contributed by atoms with Gasteiger partial charge in [-0.25, -0.2) is 4.98 Å². The van der Waals surface area contributed by atoms with E-state index in [0.717, 1.165) is 0 Å². The Morgan fingerprint density at radius 3 is 2.86 bits per heavy atom. The van der Waals surface area contributed by atoms with Gasteiger partial charge < -0.3 is 10.1 Å². The summed E-state index contributed by atoms with van der Waals surface area (Å²) in [5.41, 5.74) is 0.534. The first-order valence-electron chi connectivity index (χ1n) is 6.51. The number of rotatable bonds is 4. The van der Waals surface area contributed by atoms with Crippen LogP contribution < -0.4 is 5.32 Å². The van der Waals surface area contributed by atoms with Gasteiger partial charge in [-0.1, -0.05) is 0 Å². The number of hydrogen-bond acceptors (Lipinski definition) is 7. The van der Waals surface area contributed by atoms with Gasteiger partial charge in [-0.15, -0.1) is 5.10 Å². The minimum absolute atomic E-state index is 0.00614. The molecule has 0 aromatic carbocycles. The summed E-state index contributed by atoms with van der Waals surface area (Å²) in [5.74, 6) is 0.695. The lowest BCUT2D eigenvalue weighted by atomic mass is 10.1. The summed E-state index contributed by atoms with van der Waals surface area (Å²) in [4.78, 5) is 15.2. The molecule has 0 atom stereocenters. The third-order valence-electron chi connectivity index (χ3n) is 2.45. The second kappa shape index (κ2) is 5.86. The number of pyridine rings is 1. The van der Waals surface area contributed by atoms with Crippen LogP contribution in [0, 0.1) is 0 Å². The van der Waals surface area contributed by atoms with Crippen LogP contribution in [0.2, 0.25) is 0 Å². The summed E-state index contributed by atoms with van der Waals surface area (Å²) in [7, 11) is 0.